The van der Waals surface area contributed by atoms with Crippen LogP contribution in [0.5, 0.6) is 0 Å². The van der Waals surface area contributed by atoms with Crippen molar-refractivity contribution in [3.05, 3.63) is 123 Å². The Bertz CT molecular complexity index is 1110. The average molecular weight is 374 g/mol. The quantitative estimate of drug-likeness (QED) is 0.230. The molecule has 0 spiro atoms. The molecule has 0 radical (unpaired) electrons. The summed E-state index contributed by atoms with van der Waals surface area (Å²) in [7, 11) is 0. The predicted octanol–water partition coefficient (Wildman–Crippen LogP) is 6.58. The summed E-state index contributed by atoms with van der Waals surface area (Å²) in [6, 6.07) is 28.9. The van der Waals surface area contributed by atoms with Crippen molar-refractivity contribution in [1.82, 2.24) is 0 Å². The second-order valence-electron chi connectivity index (χ2n) is 6.37. The van der Waals surface area contributed by atoms with Crippen LogP contribution in [0.25, 0.3) is 10.8 Å². The van der Waals surface area contributed by atoms with Crippen LogP contribution in [-0.4, -0.2) is 4.92 Å². The summed E-state index contributed by atoms with van der Waals surface area (Å²) in [5.74, 6) is -0.0471. The number of fused-ring (bicyclic) bond motifs is 1. The Morgan fingerprint density at radius 1 is 0.704 bits per heavy atom. The maximum atomic E-state index is 11.5. The lowest BCUT2D eigenvalue weighted by atomic mass is 9.82. The molecule has 4 aromatic rings. The molecular weight excluding hydrogens is 358 g/mol. The number of nitro benzene ring substituents is 1. The van der Waals surface area contributed by atoms with Crippen LogP contribution in [0.2, 0.25) is 5.02 Å². The normalized spacial score (nSPS) is 12.0. The van der Waals surface area contributed by atoms with Crippen molar-refractivity contribution < 1.29 is 4.92 Å². The summed E-state index contributed by atoms with van der Waals surface area (Å²) in [4.78, 5) is 11.1. The van der Waals surface area contributed by atoms with E-state index < -0.39 is 0 Å². The van der Waals surface area contributed by atoms with Gasteiger partial charge in [0.2, 0.25) is 0 Å². The van der Waals surface area contributed by atoms with Crippen molar-refractivity contribution in [2.75, 3.05) is 0 Å². The van der Waals surface area contributed by atoms with Crippen molar-refractivity contribution in [2.24, 2.45) is 0 Å². The van der Waals surface area contributed by atoms with Gasteiger partial charge in [-0.2, -0.15) is 0 Å². The molecule has 27 heavy (non-hydrogen) atoms. The number of benzene rings is 4. The van der Waals surface area contributed by atoms with Crippen molar-refractivity contribution >= 4 is 28.1 Å². The first-order valence-electron chi connectivity index (χ1n) is 8.61. The SMILES string of the molecule is O=[N+]([O-])c1ccc(C(c2ccccc2)c2ccc(Cl)cc2)c2ccccc12. The fourth-order valence-corrected chi connectivity index (χ4v) is 3.70. The number of halogens is 1. The first kappa shape index (κ1) is 17.3. The first-order valence-corrected chi connectivity index (χ1v) is 8.99. The van der Waals surface area contributed by atoms with Gasteiger partial charge in [0.15, 0.2) is 0 Å². The second kappa shape index (κ2) is 7.22. The van der Waals surface area contributed by atoms with Crippen LogP contribution in [-0.2, 0) is 0 Å². The second-order valence-corrected chi connectivity index (χ2v) is 6.81. The van der Waals surface area contributed by atoms with Crippen LogP contribution in [0, 0.1) is 10.1 Å². The fourth-order valence-electron chi connectivity index (χ4n) is 3.57. The van der Waals surface area contributed by atoms with Crippen LogP contribution >= 0.6 is 11.6 Å². The smallest absolute Gasteiger partial charge is 0.258 e. The lowest BCUT2D eigenvalue weighted by Crippen LogP contribution is -2.05. The molecule has 4 heteroatoms. The molecule has 4 aromatic carbocycles. The van der Waals surface area contributed by atoms with Crippen molar-refractivity contribution in [3.8, 4) is 0 Å². The van der Waals surface area contributed by atoms with Gasteiger partial charge in [-0.1, -0.05) is 78.3 Å². The Hall–Kier alpha value is -3.17. The molecule has 0 aliphatic heterocycles. The van der Waals surface area contributed by atoms with Gasteiger partial charge in [-0.25, -0.2) is 0 Å². The predicted molar refractivity (Wildman–Crippen MR) is 109 cm³/mol. The van der Waals surface area contributed by atoms with Crippen molar-refractivity contribution in [1.29, 1.82) is 0 Å². The van der Waals surface area contributed by atoms with E-state index in [0.717, 1.165) is 22.1 Å². The third-order valence-corrected chi connectivity index (χ3v) is 5.03. The molecule has 1 atom stereocenters. The lowest BCUT2D eigenvalue weighted by Gasteiger charge is -2.21. The molecule has 132 valence electrons. The number of non-ortho nitro benzene ring substituents is 1. The highest BCUT2D eigenvalue weighted by Gasteiger charge is 2.22. The van der Waals surface area contributed by atoms with Gasteiger partial charge in [0.05, 0.1) is 10.3 Å². The molecule has 0 amide bonds. The van der Waals surface area contributed by atoms with Crippen LogP contribution in [0.1, 0.15) is 22.6 Å². The zero-order chi connectivity index (χ0) is 18.8. The molecule has 0 aliphatic rings. The molecule has 0 N–H and O–H groups in total. The monoisotopic (exact) mass is 373 g/mol. The van der Waals surface area contributed by atoms with Gasteiger partial charge in [-0.05, 0) is 40.3 Å². The Kier molecular flexibility index (Phi) is 4.61. The van der Waals surface area contributed by atoms with Crippen LogP contribution in [0.3, 0.4) is 0 Å². The minimum absolute atomic E-state index is 0.0471. The van der Waals surface area contributed by atoms with E-state index in [1.54, 1.807) is 12.1 Å². The zero-order valence-corrected chi connectivity index (χ0v) is 15.1. The minimum Gasteiger partial charge on any atom is -0.258 e. The Morgan fingerprint density at radius 3 is 1.96 bits per heavy atom. The molecular formula is C23H16ClNO2. The summed E-state index contributed by atoms with van der Waals surface area (Å²) in [5.41, 5.74) is 3.37. The van der Waals surface area contributed by atoms with E-state index in [1.165, 1.54) is 0 Å². The van der Waals surface area contributed by atoms with E-state index in [-0.39, 0.29) is 16.5 Å². The molecule has 1 unspecified atom stereocenters. The third kappa shape index (κ3) is 3.29. The molecule has 0 saturated heterocycles. The van der Waals surface area contributed by atoms with E-state index in [4.69, 9.17) is 11.6 Å². The van der Waals surface area contributed by atoms with E-state index in [0.29, 0.717) is 10.4 Å². The minimum atomic E-state index is -0.327. The highest BCUT2D eigenvalue weighted by atomic mass is 35.5. The highest BCUT2D eigenvalue weighted by Crippen LogP contribution is 2.39. The summed E-state index contributed by atoms with van der Waals surface area (Å²) >= 11 is 6.08. The fraction of sp³-hybridized carbons (Fsp3) is 0.0435. The lowest BCUT2D eigenvalue weighted by molar-refractivity contribution is -0.383. The summed E-state index contributed by atoms with van der Waals surface area (Å²) in [6.07, 6.45) is 0. The highest BCUT2D eigenvalue weighted by molar-refractivity contribution is 6.30. The topological polar surface area (TPSA) is 43.1 Å². The van der Waals surface area contributed by atoms with Gasteiger partial charge < -0.3 is 0 Å². The number of hydrogen-bond donors (Lipinski definition) is 0. The summed E-state index contributed by atoms with van der Waals surface area (Å²) in [5, 5.41) is 13.7. The Morgan fingerprint density at radius 2 is 1.30 bits per heavy atom. The Balaban J connectivity index is 2.00. The molecule has 0 aromatic heterocycles. The summed E-state index contributed by atoms with van der Waals surface area (Å²) < 4.78 is 0. The van der Waals surface area contributed by atoms with Gasteiger partial charge in [-0.3, -0.25) is 10.1 Å². The Labute approximate surface area is 162 Å². The maximum absolute atomic E-state index is 11.5. The standard InChI is InChI=1S/C23H16ClNO2/c24-18-12-10-17(11-13-18)23(16-6-2-1-3-7-16)21-14-15-22(25(26)27)20-9-5-4-8-19(20)21/h1-15,23H. The number of hydrogen-bond acceptors (Lipinski definition) is 2. The number of nitro groups is 1. The third-order valence-electron chi connectivity index (χ3n) is 4.78. The van der Waals surface area contributed by atoms with Crippen LogP contribution in [0.4, 0.5) is 5.69 Å². The molecule has 0 saturated carbocycles. The summed E-state index contributed by atoms with van der Waals surface area (Å²) in [6.45, 7) is 0. The van der Waals surface area contributed by atoms with E-state index in [1.807, 2.05) is 66.7 Å². The van der Waals surface area contributed by atoms with Gasteiger partial charge in [0, 0.05) is 17.0 Å². The number of nitrogens with zero attached hydrogens (tertiary/aromatic N) is 1. The van der Waals surface area contributed by atoms with Crippen LogP contribution < -0.4 is 0 Å². The largest absolute Gasteiger partial charge is 0.277 e. The van der Waals surface area contributed by atoms with Gasteiger partial charge >= 0.3 is 0 Å². The molecule has 0 fully saturated rings. The zero-order valence-electron chi connectivity index (χ0n) is 14.4. The van der Waals surface area contributed by atoms with E-state index in [9.17, 15) is 10.1 Å². The molecule has 0 aliphatic carbocycles. The molecule has 4 rings (SSSR count). The van der Waals surface area contributed by atoms with Gasteiger partial charge in [0.25, 0.3) is 5.69 Å². The number of rotatable bonds is 4. The first-order chi connectivity index (χ1) is 13.1. The van der Waals surface area contributed by atoms with Crippen molar-refractivity contribution in [2.45, 2.75) is 5.92 Å². The van der Waals surface area contributed by atoms with Crippen LogP contribution in [0.15, 0.2) is 91.0 Å². The van der Waals surface area contributed by atoms with Crippen molar-refractivity contribution in [3.63, 3.8) is 0 Å². The van der Waals surface area contributed by atoms with Gasteiger partial charge in [0.1, 0.15) is 0 Å². The van der Waals surface area contributed by atoms with E-state index >= 15 is 0 Å². The maximum Gasteiger partial charge on any atom is 0.277 e. The van der Waals surface area contributed by atoms with Gasteiger partial charge in [-0.15, -0.1) is 0 Å². The molecule has 0 bridgehead atoms. The molecule has 0 heterocycles. The molecule has 3 nitrogen and oxygen atoms in total. The average Bonchev–Trinajstić information content (AvgIpc) is 2.70. The van der Waals surface area contributed by atoms with E-state index in [2.05, 4.69) is 12.1 Å².